The molecule has 0 aliphatic carbocycles. The fourth-order valence-electron chi connectivity index (χ4n) is 2.62. The molecule has 0 N–H and O–H groups in total. The third-order valence-electron chi connectivity index (χ3n) is 4.32. The summed E-state index contributed by atoms with van der Waals surface area (Å²) in [6.45, 7) is 3.82. The van der Waals surface area contributed by atoms with Gasteiger partial charge in [-0.2, -0.15) is 13.2 Å². The second kappa shape index (κ2) is 7.39. The number of nitrogens with zero attached hydrogens (tertiary/aromatic N) is 2. The Hall–Kier alpha value is -2.67. The van der Waals surface area contributed by atoms with E-state index in [1.165, 1.54) is 12.4 Å². The monoisotopic (exact) mass is 410 g/mol. The van der Waals surface area contributed by atoms with Gasteiger partial charge in [-0.3, -0.25) is 0 Å². The zero-order chi connectivity index (χ0) is 20.5. The molecule has 0 unspecified atom stereocenters. The first-order chi connectivity index (χ1) is 13.1. The Morgan fingerprint density at radius 1 is 0.893 bits per heavy atom. The van der Waals surface area contributed by atoms with Gasteiger partial charge in [-0.25, -0.2) is 14.4 Å². The Kier molecular flexibility index (Phi) is 5.30. The van der Waals surface area contributed by atoms with Gasteiger partial charge in [0.1, 0.15) is 6.33 Å². The van der Waals surface area contributed by atoms with Crippen LogP contribution in [0.2, 0.25) is 5.02 Å². The van der Waals surface area contributed by atoms with E-state index in [9.17, 15) is 17.6 Å². The minimum Gasteiger partial charge on any atom is -0.436 e. The van der Waals surface area contributed by atoms with Crippen LogP contribution in [0.5, 0.6) is 11.6 Å². The van der Waals surface area contributed by atoms with Crippen LogP contribution < -0.4 is 4.74 Å². The van der Waals surface area contributed by atoms with Crippen molar-refractivity contribution in [2.75, 3.05) is 0 Å². The molecule has 0 saturated heterocycles. The molecule has 28 heavy (non-hydrogen) atoms. The van der Waals surface area contributed by atoms with Gasteiger partial charge in [0.2, 0.25) is 5.88 Å². The highest BCUT2D eigenvalue weighted by Crippen LogP contribution is 2.35. The summed E-state index contributed by atoms with van der Waals surface area (Å²) in [7, 11) is 0. The molecule has 3 aromatic rings. The normalized spacial score (nSPS) is 12.1. The van der Waals surface area contributed by atoms with E-state index in [-0.39, 0.29) is 5.88 Å². The molecule has 1 aromatic heterocycles. The highest BCUT2D eigenvalue weighted by Gasteiger charge is 2.32. The van der Waals surface area contributed by atoms with E-state index in [0.717, 1.165) is 5.56 Å². The van der Waals surface area contributed by atoms with Crippen LogP contribution in [0, 0.1) is 5.82 Å². The van der Waals surface area contributed by atoms with Crippen LogP contribution >= 0.6 is 11.6 Å². The van der Waals surface area contributed by atoms with Crippen LogP contribution in [0.25, 0.3) is 0 Å². The molecule has 0 aliphatic rings. The third kappa shape index (κ3) is 4.25. The SMILES string of the molecule is CC(C)(c1ccc(Cl)cc1)c1cc(Oc2cc(C(F)(F)F)ccc2F)ncn1. The molecule has 0 spiro atoms. The predicted molar refractivity (Wildman–Crippen MR) is 97.1 cm³/mol. The van der Waals surface area contributed by atoms with Gasteiger partial charge in [-0.05, 0) is 35.9 Å². The second-order valence-electron chi connectivity index (χ2n) is 6.62. The van der Waals surface area contributed by atoms with Crippen LogP contribution in [0.15, 0.2) is 54.9 Å². The van der Waals surface area contributed by atoms with Gasteiger partial charge in [0.15, 0.2) is 11.6 Å². The molecule has 0 atom stereocenters. The average Bonchev–Trinajstić information content (AvgIpc) is 2.63. The van der Waals surface area contributed by atoms with Crippen molar-refractivity contribution in [1.82, 2.24) is 9.97 Å². The van der Waals surface area contributed by atoms with Crippen LogP contribution in [-0.4, -0.2) is 9.97 Å². The number of halogens is 5. The van der Waals surface area contributed by atoms with Gasteiger partial charge in [0, 0.05) is 16.5 Å². The van der Waals surface area contributed by atoms with Crippen molar-refractivity contribution in [2.24, 2.45) is 0 Å². The lowest BCUT2D eigenvalue weighted by molar-refractivity contribution is -0.137. The maximum Gasteiger partial charge on any atom is 0.416 e. The number of hydrogen-bond donors (Lipinski definition) is 0. The highest BCUT2D eigenvalue weighted by molar-refractivity contribution is 6.30. The van der Waals surface area contributed by atoms with E-state index >= 15 is 0 Å². The van der Waals surface area contributed by atoms with E-state index in [0.29, 0.717) is 28.9 Å². The fourth-order valence-corrected chi connectivity index (χ4v) is 2.75. The summed E-state index contributed by atoms with van der Waals surface area (Å²) >= 11 is 5.92. The molecule has 3 nitrogen and oxygen atoms in total. The average molecular weight is 411 g/mol. The lowest BCUT2D eigenvalue weighted by Gasteiger charge is -2.25. The van der Waals surface area contributed by atoms with E-state index in [1.807, 2.05) is 26.0 Å². The number of rotatable bonds is 4. The Morgan fingerprint density at radius 3 is 2.18 bits per heavy atom. The predicted octanol–water partition coefficient (Wildman–Crippen LogP) is 6.41. The number of alkyl halides is 3. The fraction of sp³-hybridized carbons (Fsp3) is 0.200. The molecule has 0 amide bonds. The van der Waals surface area contributed by atoms with Crippen molar-refractivity contribution in [3.8, 4) is 11.6 Å². The lowest BCUT2D eigenvalue weighted by atomic mass is 9.81. The van der Waals surface area contributed by atoms with E-state index in [2.05, 4.69) is 9.97 Å². The summed E-state index contributed by atoms with van der Waals surface area (Å²) in [5, 5.41) is 0.589. The van der Waals surface area contributed by atoms with Gasteiger partial charge in [0.25, 0.3) is 0 Å². The van der Waals surface area contributed by atoms with Crippen molar-refractivity contribution in [1.29, 1.82) is 0 Å². The Labute approximate surface area is 164 Å². The molecule has 146 valence electrons. The minimum atomic E-state index is -4.61. The molecular weight excluding hydrogens is 396 g/mol. The number of ether oxygens (including phenoxy) is 1. The molecule has 0 bridgehead atoms. The van der Waals surface area contributed by atoms with Crippen molar-refractivity contribution >= 4 is 11.6 Å². The smallest absolute Gasteiger partial charge is 0.416 e. The summed E-state index contributed by atoms with van der Waals surface area (Å²) in [5.74, 6) is -1.56. The number of aromatic nitrogens is 2. The topological polar surface area (TPSA) is 35.0 Å². The second-order valence-corrected chi connectivity index (χ2v) is 7.05. The van der Waals surface area contributed by atoms with Gasteiger partial charge < -0.3 is 4.74 Å². The van der Waals surface area contributed by atoms with Crippen LogP contribution in [-0.2, 0) is 11.6 Å². The molecule has 8 heteroatoms. The van der Waals surface area contributed by atoms with Gasteiger partial charge in [-0.1, -0.05) is 37.6 Å². The first-order valence-electron chi connectivity index (χ1n) is 8.20. The first kappa shape index (κ1) is 20.1. The molecule has 3 rings (SSSR count). The molecule has 0 fully saturated rings. The number of benzene rings is 2. The van der Waals surface area contributed by atoms with Crippen LogP contribution in [0.4, 0.5) is 17.6 Å². The lowest BCUT2D eigenvalue weighted by Crippen LogP contribution is -2.20. The molecule has 1 heterocycles. The van der Waals surface area contributed by atoms with E-state index < -0.39 is 28.7 Å². The summed E-state index contributed by atoms with van der Waals surface area (Å²) < 4.78 is 57.8. The summed E-state index contributed by atoms with van der Waals surface area (Å²) in [5.41, 5.74) is -0.128. The van der Waals surface area contributed by atoms with Gasteiger partial charge >= 0.3 is 6.18 Å². The van der Waals surface area contributed by atoms with Crippen molar-refractivity contribution in [2.45, 2.75) is 25.4 Å². The third-order valence-corrected chi connectivity index (χ3v) is 4.57. The maximum absolute atomic E-state index is 13.9. The highest BCUT2D eigenvalue weighted by atomic mass is 35.5. The standard InChI is InChI=1S/C20H15ClF4N2O/c1-19(2,12-3-6-14(21)7-4-12)17-10-18(27-11-26-17)28-16-9-13(20(23,24)25)5-8-15(16)22/h3-11H,1-2H3. The van der Waals surface area contributed by atoms with Gasteiger partial charge in [-0.15, -0.1) is 0 Å². The number of hydrogen-bond acceptors (Lipinski definition) is 3. The Bertz CT molecular complexity index is 988. The largest absolute Gasteiger partial charge is 0.436 e. The zero-order valence-electron chi connectivity index (χ0n) is 14.9. The van der Waals surface area contributed by atoms with Crippen molar-refractivity contribution in [3.05, 3.63) is 82.5 Å². The maximum atomic E-state index is 13.9. The zero-order valence-corrected chi connectivity index (χ0v) is 15.6. The first-order valence-corrected chi connectivity index (χ1v) is 8.58. The van der Waals surface area contributed by atoms with Gasteiger partial charge in [0.05, 0.1) is 11.3 Å². The van der Waals surface area contributed by atoms with Crippen LogP contribution in [0.1, 0.15) is 30.7 Å². The molecule has 0 saturated carbocycles. The summed E-state index contributed by atoms with van der Waals surface area (Å²) in [6.07, 6.45) is -3.40. The molecular formula is C20H15ClF4N2O. The molecule has 2 aromatic carbocycles. The Morgan fingerprint density at radius 2 is 1.54 bits per heavy atom. The quantitative estimate of drug-likeness (QED) is 0.466. The van der Waals surface area contributed by atoms with E-state index in [4.69, 9.17) is 16.3 Å². The molecule has 0 aliphatic heterocycles. The summed E-state index contributed by atoms with van der Waals surface area (Å²) in [6, 6.07) is 10.6. The Balaban J connectivity index is 1.93. The summed E-state index contributed by atoms with van der Waals surface area (Å²) in [4.78, 5) is 8.12. The van der Waals surface area contributed by atoms with Crippen molar-refractivity contribution < 1.29 is 22.3 Å². The van der Waals surface area contributed by atoms with Crippen molar-refractivity contribution in [3.63, 3.8) is 0 Å². The van der Waals surface area contributed by atoms with E-state index in [1.54, 1.807) is 12.1 Å². The molecule has 0 radical (unpaired) electrons. The minimum absolute atomic E-state index is 0.0646. The van der Waals surface area contributed by atoms with Crippen LogP contribution in [0.3, 0.4) is 0 Å².